The largest absolute Gasteiger partial charge is 0.507 e. The SMILES string of the molecule is CCCCCOc1cccc(C2c3c(-c4cc(Cl)ccc4O)n[nH]c3C(=O)N2CCC)c1. The van der Waals surface area contributed by atoms with Gasteiger partial charge in [-0.3, -0.25) is 9.89 Å². The molecule has 6 nitrogen and oxygen atoms in total. The fraction of sp³-hybridized carbons (Fsp3) is 0.360. The first-order valence-corrected chi connectivity index (χ1v) is 11.5. The van der Waals surface area contributed by atoms with Gasteiger partial charge < -0.3 is 14.7 Å². The van der Waals surface area contributed by atoms with Crippen molar-refractivity contribution in [3.8, 4) is 22.8 Å². The number of phenolic OH excluding ortho intramolecular Hbond substituents is 1. The number of fused-ring (bicyclic) bond motifs is 1. The summed E-state index contributed by atoms with van der Waals surface area (Å²) in [6.45, 7) is 5.48. The Morgan fingerprint density at radius 1 is 1.16 bits per heavy atom. The van der Waals surface area contributed by atoms with Crippen molar-refractivity contribution in [3.63, 3.8) is 0 Å². The number of ether oxygens (including phenoxy) is 1. The molecule has 1 aliphatic heterocycles. The van der Waals surface area contributed by atoms with Gasteiger partial charge in [0.25, 0.3) is 5.91 Å². The normalized spacial score (nSPS) is 15.3. The van der Waals surface area contributed by atoms with Crippen LogP contribution in [0.3, 0.4) is 0 Å². The van der Waals surface area contributed by atoms with E-state index in [4.69, 9.17) is 16.3 Å². The molecule has 1 amide bonds. The molecule has 0 bridgehead atoms. The average molecular weight is 454 g/mol. The second-order valence-corrected chi connectivity index (χ2v) is 8.49. The molecule has 2 aromatic carbocycles. The molecule has 32 heavy (non-hydrogen) atoms. The van der Waals surface area contributed by atoms with E-state index in [1.165, 1.54) is 0 Å². The van der Waals surface area contributed by atoms with Gasteiger partial charge in [-0.2, -0.15) is 5.10 Å². The number of carbonyl (C=O) groups excluding carboxylic acids is 1. The highest BCUT2D eigenvalue weighted by Crippen LogP contribution is 2.45. The summed E-state index contributed by atoms with van der Waals surface area (Å²) in [5.74, 6) is 0.754. The standard InChI is InChI=1S/C25H28ClN3O3/c1-3-5-6-13-32-18-9-7-8-16(14-18)24-21-22(19-15-17(26)10-11-20(19)30)27-28-23(21)25(31)29(24)12-4-2/h7-11,14-15,24,30H,3-6,12-13H2,1-2H3,(H,27,28). The summed E-state index contributed by atoms with van der Waals surface area (Å²) in [6, 6.07) is 12.4. The van der Waals surface area contributed by atoms with Gasteiger partial charge in [0.1, 0.15) is 22.9 Å². The molecule has 0 spiro atoms. The van der Waals surface area contributed by atoms with Crippen molar-refractivity contribution in [2.24, 2.45) is 0 Å². The summed E-state index contributed by atoms with van der Waals surface area (Å²) in [6.07, 6.45) is 4.10. The van der Waals surface area contributed by atoms with Crippen molar-refractivity contribution >= 4 is 17.5 Å². The Bertz CT molecular complexity index is 1110. The van der Waals surface area contributed by atoms with Crippen LogP contribution < -0.4 is 4.74 Å². The highest BCUT2D eigenvalue weighted by atomic mass is 35.5. The number of rotatable bonds is 9. The molecule has 2 N–H and O–H groups in total. The van der Waals surface area contributed by atoms with Crippen LogP contribution in [0.25, 0.3) is 11.3 Å². The number of nitrogens with zero attached hydrogens (tertiary/aromatic N) is 2. The molecule has 0 aliphatic carbocycles. The van der Waals surface area contributed by atoms with Crippen LogP contribution >= 0.6 is 11.6 Å². The molecule has 0 saturated carbocycles. The first-order valence-electron chi connectivity index (χ1n) is 11.2. The van der Waals surface area contributed by atoms with Crippen molar-refractivity contribution in [1.29, 1.82) is 0 Å². The minimum Gasteiger partial charge on any atom is -0.507 e. The van der Waals surface area contributed by atoms with Crippen molar-refractivity contribution in [1.82, 2.24) is 15.1 Å². The fourth-order valence-corrected chi connectivity index (χ4v) is 4.41. The Hall–Kier alpha value is -2.99. The van der Waals surface area contributed by atoms with Gasteiger partial charge in [-0.15, -0.1) is 0 Å². The maximum atomic E-state index is 13.2. The van der Waals surface area contributed by atoms with Gasteiger partial charge in [0.05, 0.1) is 12.6 Å². The number of phenols is 1. The number of aromatic amines is 1. The molecule has 1 aliphatic rings. The lowest BCUT2D eigenvalue weighted by molar-refractivity contribution is 0.0743. The quantitative estimate of drug-likeness (QED) is 0.392. The number of hydrogen-bond acceptors (Lipinski definition) is 4. The third kappa shape index (κ3) is 4.19. The van der Waals surface area contributed by atoms with Crippen LogP contribution in [0.5, 0.6) is 11.5 Å². The Balaban J connectivity index is 1.76. The third-order valence-electron chi connectivity index (χ3n) is 5.73. The van der Waals surface area contributed by atoms with Crippen molar-refractivity contribution in [2.75, 3.05) is 13.2 Å². The molecule has 4 rings (SSSR count). The number of aromatic hydroxyl groups is 1. The maximum absolute atomic E-state index is 13.2. The first kappa shape index (κ1) is 22.2. The molecule has 2 heterocycles. The molecule has 168 valence electrons. The maximum Gasteiger partial charge on any atom is 0.273 e. The van der Waals surface area contributed by atoms with E-state index in [0.29, 0.717) is 35.1 Å². The van der Waals surface area contributed by atoms with Crippen molar-refractivity contribution < 1.29 is 14.6 Å². The summed E-state index contributed by atoms with van der Waals surface area (Å²) in [4.78, 5) is 15.1. The Labute approximate surface area is 193 Å². The van der Waals surface area contributed by atoms with Gasteiger partial charge in [-0.05, 0) is 48.7 Å². The number of carbonyl (C=O) groups is 1. The van der Waals surface area contributed by atoms with E-state index in [-0.39, 0.29) is 17.7 Å². The molecule has 1 unspecified atom stereocenters. The minimum absolute atomic E-state index is 0.0665. The first-order chi connectivity index (χ1) is 15.5. The van der Waals surface area contributed by atoms with Gasteiger partial charge in [0.2, 0.25) is 0 Å². The number of halogens is 1. The molecule has 1 atom stereocenters. The second-order valence-electron chi connectivity index (χ2n) is 8.05. The number of hydrogen-bond donors (Lipinski definition) is 2. The van der Waals surface area contributed by atoms with Crippen LogP contribution in [0, 0.1) is 0 Å². The van der Waals surface area contributed by atoms with Gasteiger partial charge in [-0.1, -0.05) is 50.4 Å². The van der Waals surface area contributed by atoms with Crippen molar-refractivity contribution in [2.45, 2.75) is 45.6 Å². The monoisotopic (exact) mass is 453 g/mol. The highest BCUT2D eigenvalue weighted by molar-refractivity contribution is 6.31. The lowest BCUT2D eigenvalue weighted by Gasteiger charge is -2.26. The molecule has 0 saturated heterocycles. The van der Waals surface area contributed by atoms with Crippen LogP contribution in [-0.4, -0.2) is 39.3 Å². The Kier molecular flexibility index (Phi) is 6.70. The molecular formula is C25H28ClN3O3. The van der Waals surface area contributed by atoms with E-state index in [1.54, 1.807) is 18.2 Å². The smallest absolute Gasteiger partial charge is 0.273 e. The number of unbranched alkanes of at least 4 members (excludes halogenated alkanes) is 2. The predicted octanol–water partition coefficient (Wildman–Crippen LogP) is 5.96. The Morgan fingerprint density at radius 2 is 2.00 bits per heavy atom. The average Bonchev–Trinajstić information content (AvgIpc) is 3.33. The topological polar surface area (TPSA) is 78.5 Å². The molecular weight excluding hydrogens is 426 g/mol. The molecule has 0 fully saturated rings. The Morgan fingerprint density at radius 3 is 2.78 bits per heavy atom. The van der Waals surface area contributed by atoms with E-state index in [1.807, 2.05) is 36.1 Å². The van der Waals surface area contributed by atoms with E-state index in [9.17, 15) is 9.90 Å². The highest BCUT2D eigenvalue weighted by Gasteiger charge is 2.42. The number of nitrogens with one attached hydrogen (secondary N) is 1. The van der Waals surface area contributed by atoms with Crippen LogP contribution in [0.15, 0.2) is 42.5 Å². The number of benzene rings is 2. The molecule has 7 heteroatoms. The van der Waals surface area contributed by atoms with Crippen molar-refractivity contribution in [3.05, 3.63) is 64.3 Å². The summed E-state index contributed by atoms with van der Waals surface area (Å²) in [5, 5.41) is 18.3. The van der Waals surface area contributed by atoms with Gasteiger partial charge >= 0.3 is 0 Å². The lowest BCUT2D eigenvalue weighted by Crippen LogP contribution is -2.30. The van der Waals surface area contributed by atoms with Gasteiger partial charge in [0, 0.05) is 22.7 Å². The third-order valence-corrected chi connectivity index (χ3v) is 5.97. The van der Waals surface area contributed by atoms with Crippen LogP contribution in [-0.2, 0) is 0 Å². The van der Waals surface area contributed by atoms with E-state index in [2.05, 4.69) is 17.1 Å². The zero-order valence-electron chi connectivity index (χ0n) is 18.4. The van der Waals surface area contributed by atoms with Gasteiger partial charge in [0.15, 0.2) is 0 Å². The zero-order chi connectivity index (χ0) is 22.7. The number of amides is 1. The summed E-state index contributed by atoms with van der Waals surface area (Å²) >= 11 is 6.19. The fourth-order valence-electron chi connectivity index (χ4n) is 4.23. The molecule has 0 radical (unpaired) electrons. The zero-order valence-corrected chi connectivity index (χ0v) is 19.2. The van der Waals surface area contributed by atoms with Crippen LogP contribution in [0.1, 0.15) is 67.2 Å². The second kappa shape index (κ2) is 9.65. The minimum atomic E-state index is -0.330. The van der Waals surface area contributed by atoms with Crippen LogP contribution in [0.4, 0.5) is 0 Å². The summed E-state index contributed by atoms with van der Waals surface area (Å²) < 4.78 is 5.97. The lowest BCUT2D eigenvalue weighted by atomic mass is 9.95. The number of H-pyrrole nitrogens is 1. The molecule has 1 aromatic heterocycles. The molecule has 3 aromatic rings. The van der Waals surface area contributed by atoms with E-state index >= 15 is 0 Å². The summed E-state index contributed by atoms with van der Waals surface area (Å²) in [5.41, 5.74) is 3.18. The van der Waals surface area contributed by atoms with Crippen LogP contribution in [0.2, 0.25) is 5.02 Å². The number of aromatic nitrogens is 2. The summed E-state index contributed by atoms with van der Waals surface area (Å²) in [7, 11) is 0. The van der Waals surface area contributed by atoms with E-state index < -0.39 is 0 Å². The van der Waals surface area contributed by atoms with Gasteiger partial charge in [-0.25, -0.2) is 0 Å². The van der Waals surface area contributed by atoms with E-state index in [0.717, 1.165) is 42.6 Å². The predicted molar refractivity (Wildman–Crippen MR) is 125 cm³/mol.